The number of hydrogen-bond donors (Lipinski definition) is 1. The van der Waals surface area contributed by atoms with Crippen LogP contribution in [0.4, 0.5) is 0 Å². The first-order valence-electron chi connectivity index (χ1n) is 3.67. The third-order valence-electron chi connectivity index (χ3n) is 1.54. The molecule has 0 amide bonds. The summed E-state index contributed by atoms with van der Waals surface area (Å²) in [4.78, 5) is 3.04. The number of diazo groups is 1. The lowest BCUT2D eigenvalue weighted by molar-refractivity contribution is 0.459. The Bertz CT molecular complexity index is 354. The normalized spacial score (nSPS) is 11.7. The highest BCUT2D eigenvalue weighted by Crippen LogP contribution is 2.23. The smallest absolute Gasteiger partial charge is 0.439 e. The van der Waals surface area contributed by atoms with Gasteiger partial charge in [0.25, 0.3) is 0 Å². The standard InChI is InChI=1S/C9H8N2OS/c1-13-9(12)8(11-10)7-5-3-2-4-6-7/h2-6H,1H3/p+1/b9-8-. The first-order valence-corrected chi connectivity index (χ1v) is 4.90. The van der Waals surface area contributed by atoms with Gasteiger partial charge in [0.15, 0.2) is 4.98 Å². The monoisotopic (exact) mass is 193 g/mol. The van der Waals surface area contributed by atoms with Crippen molar-refractivity contribution < 1.29 is 5.11 Å². The first-order chi connectivity index (χ1) is 6.29. The predicted molar refractivity (Wildman–Crippen MR) is 54.6 cm³/mol. The van der Waals surface area contributed by atoms with Crippen LogP contribution in [-0.2, 0) is 0 Å². The fraction of sp³-hybridized carbons (Fsp3) is 0.111. The highest BCUT2D eigenvalue weighted by Gasteiger charge is 2.20. The Hall–Kier alpha value is -1.47. The Morgan fingerprint density at radius 3 is 2.46 bits per heavy atom. The molecule has 0 atom stereocenters. The fourth-order valence-corrected chi connectivity index (χ4v) is 1.27. The number of hydrogen-bond acceptors (Lipinski definition) is 3. The van der Waals surface area contributed by atoms with Crippen molar-refractivity contribution in [2.75, 3.05) is 6.26 Å². The lowest BCUT2D eigenvalue weighted by Gasteiger charge is -1.90. The molecule has 0 bridgehead atoms. The van der Waals surface area contributed by atoms with Gasteiger partial charge in [0.1, 0.15) is 0 Å². The molecule has 0 fully saturated rings. The van der Waals surface area contributed by atoms with Crippen LogP contribution >= 0.6 is 11.8 Å². The molecule has 1 N–H and O–H groups in total. The highest BCUT2D eigenvalue weighted by atomic mass is 32.2. The quantitative estimate of drug-likeness (QED) is 0.580. The molecule has 0 aromatic heterocycles. The Kier molecular flexibility index (Phi) is 3.35. The molecule has 66 valence electrons. The summed E-state index contributed by atoms with van der Waals surface area (Å²) in [5, 5.41) is 18.0. The van der Waals surface area contributed by atoms with Gasteiger partial charge in [-0.15, -0.1) is 0 Å². The number of benzene rings is 1. The largest absolute Gasteiger partial charge is 0.496 e. The molecule has 0 aliphatic rings. The van der Waals surface area contributed by atoms with Crippen LogP contribution in [0.2, 0.25) is 0 Å². The van der Waals surface area contributed by atoms with Crippen LogP contribution in [0.5, 0.6) is 0 Å². The lowest BCUT2D eigenvalue weighted by Crippen LogP contribution is -1.83. The van der Waals surface area contributed by atoms with E-state index < -0.39 is 0 Å². The van der Waals surface area contributed by atoms with Crippen molar-refractivity contribution in [1.82, 2.24) is 0 Å². The summed E-state index contributed by atoms with van der Waals surface area (Å²) in [6.45, 7) is 0. The number of rotatable bonds is 2. The van der Waals surface area contributed by atoms with Crippen LogP contribution in [0.15, 0.2) is 35.4 Å². The van der Waals surface area contributed by atoms with E-state index in [1.807, 2.05) is 18.2 Å². The molecule has 1 aromatic carbocycles. The molecular weight excluding hydrogens is 184 g/mol. The predicted octanol–water partition coefficient (Wildman–Crippen LogP) is 3.09. The van der Waals surface area contributed by atoms with Crippen LogP contribution in [-0.4, -0.2) is 11.4 Å². The average Bonchev–Trinajstić information content (AvgIpc) is 2.20. The van der Waals surface area contributed by atoms with Crippen LogP contribution in [0, 0.1) is 5.39 Å². The van der Waals surface area contributed by atoms with E-state index in [1.54, 1.807) is 18.4 Å². The van der Waals surface area contributed by atoms with Gasteiger partial charge in [-0.2, -0.15) is 0 Å². The first kappa shape index (κ1) is 9.62. The second-order valence-corrected chi connectivity index (χ2v) is 3.12. The topological polar surface area (TPSA) is 48.4 Å². The van der Waals surface area contributed by atoms with Gasteiger partial charge in [-0.1, -0.05) is 30.0 Å². The highest BCUT2D eigenvalue weighted by molar-refractivity contribution is 8.02. The molecule has 13 heavy (non-hydrogen) atoms. The number of aliphatic hydroxyl groups excluding tert-OH is 1. The molecule has 0 unspecified atom stereocenters. The van der Waals surface area contributed by atoms with Crippen LogP contribution in [0.25, 0.3) is 10.7 Å². The summed E-state index contributed by atoms with van der Waals surface area (Å²) in [6, 6.07) is 9.01. The molecule has 4 heteroatoms. The van der Waals surface area contributed by atoms with E-state index in [2.05, 4.69) is 4.98 Å². The third kappa shape index (κ3) is 2.23. The summed E-state index contributed by atoms with van der Waals surface area (Å²) >= 11 is 1.13. The Labute approximate surface area is 80.7 Å². The van der Waals surface area contributed by atoms with Crippen molar-refractivity contribution >= 4 is 17.5 Å². The van der Waals surface area contributed by atoms with Gasteiger partial charge in [-0.3, -0.25) is 0 Å². The van der Waals surface area contributed by atoms with E-state index in [1.165, 1.54) is 0 Å². The lowest BCUT2D eigenvalue weighted by atomic mass is 10.2. The minimum atomic E-state index is 0.00806. The number of aliphatic hydroxyl groups is 1. The minimum absolute atomic E-state index is 0.00806. The summed E-state index contributed by atoms with van der Waals surface area (Å²) < 4.78 is 0. The molecule has 0 saturated heterocycles. The van der Waals surface area contributed by atoms with E-state index in [4.69, 9.17) is 5.39 Å². The molecule has 0 aliphatic heterocycles. The summed E-state index contributed by atoms with van der Waals surface area (Å²) in [7, 11) is 0. The van der Waals surface area contributed by atoms with Crippen LogP contribution in [0.3, 0.4) is 0 Å². The van der Waals surface area contributed by atoms with E-state index in [0.717, 1.165) is 11.8 Å². The van der Waals surface area contributed by atoms with E-state index >= 15 is 0 Å². The van der Waals surface area contributed by atoms with Crippen LogP contribution in [0.1, 0.15) is 5.56 Å². The van der Waals surface area contributed by atoms with Gasteiger partial charge in [0, 0.05) is 0 Å². The van der Waals surface area contributed by atoms with E-state index in [-0.39, 0.29) is 10.8 Å². The zero-order chi connectivity index (χ0) is 9.68. The zero-order valence-corrected chi connectivity index (χ0v) is 7.95. The molecule has 3 nitrogen and oxygen atoms in total. The van der Waals surface area contributed by atoms with E-state index in [9.17, 15) is 5.11 Å². The second kappa shape index (κ2) is 4.53. The van der Waals surface area contributed by atoms with Gasteiger partial charge in [-0.25, -0.2) is 0 Å². The summed E-state index contributed by atoms with van der Waals surface area (Å²) in [6.07, 6.45) is 1.71. The Morgan fingerprint density at radius 2 is 2.00 bits per heavy atom. The Morgan fingerprint density at radius 1 is 1.38 bits per heavy atom. The van der Waals surface area contributed by atoms with Crippen molar-refractivity contribution in [3.8, 4) is 0 Å². The molecule has 0 heterocycles. The maximum atomic E-state index is 9.36. The molecular formula is C9H9N2OS+. The summed E-state index contributed by atoms with van der Waals surface area (Å²) in [5.41, 5.74) is 0.893. The molecule has 0 aliphatic carbocycles. The molecule has 1 rings (SSSR count). The average molecular weight is 193 g/mol. The molecule has 0 saturated carbocycles. The summed E-state index contributed by atoms with van der Waals surface area (Å²) in [5.74, 6) is 0. The van der Waals surface area contributed by atoms with Gasteiger partial charge in [0.05, 0.1) is 5.56 Å². The van der Waals surface area contributed by atoms with Gasteiger partial charge in [0.2, 0.25) is 10.5 Å². The number of nitrogens with zero attached hydrogens (tertiary/aromatic N) is 2. The van der Waals surface area contributed by atoms with Gasteiger partial charge < -0.3 is 5.11 Å². The van der Waals surface area contributed by atoms with Crippen LogP contribution < -0.4 is 0 Å². The van der Waals surface area contributed by atoms with Crippen molar-refractivity contribution in [3.63, 3.8) is 0 Å². The van der Waals surface area contributed by atoms with Crippen molar-refractivity contribution in [2.45, 2.75) is 0 Å². The molecule has 0 radical (unpaired) electrons. The zero-order valence-electron chi connectivity index (χ0n) is 7.14. The van der Waals surface area contributed by atoms with Gasteiger partial charge >= 0.3 is 5.70 Å². The number of thioether (sulfide) groups is 1. The molecule has 1 aromatic rings. The molecule has 0 spiro atoms. The Balaban J connectivity index is 3.15. The third-order valence-corrected chi connectivity index (χ3v) is 2.12. The second-order valence-electron chi connectivity index (χ2n) is 2.32. The van der Waals surface area contributed by atoms with E-state index in [0.29, 0.717) is 5.56 Å². The maximum Gasteiger partial charge on any atom is 0.439 e. The minimum Gasteiger partial charge on any atom is -0.496 e. The SMILES string of the molecule is CS/C(O)=C(\[N+]#N)c1ccccc1. The van der Waals surface area contributed by atoms with Crippen molar-refractivity contribution in [3.05, 3.63) is 46.0 Å². The van der Waals surface area contributed by atoms with Gasteiger partial charge in [-0.05, 0) is 18.4 Å². The maximum absolute atomic E-state index is 9.36. The van der Waals surface area contributed by atoms with Crippen molar-refractivity contribution in [1.29, 1.82) is 5.39 Å². The fourth-order valence-electron chi connectivity index (χ4n) is 0.917. The van der Waals surface area contributed by atoms with Crippen molar-refractivity contribution in [2.24, 2.45) is 0 Å².